The van der Waals surface area contributed by atoms with E-state index in [0.29, 0.717) is 5.56 Å². The molecule has 122 valence electrons. The summed E-state index contributed by atoms with van der Waals surface area (Å²) in [5.41, 5.74) is 0.376. The van der Waals surface area contributed by atoms with Crippen LogP contribution in [0.2, 0.25) is 0 Å². The number of hydrogen-bond acceptors (Lipinski definition) is 4. The second-order valence-electron chi connectivity index (χ2n) is 5.89. The first-order valence-electron chi connectivity index (χ1n) is 7.35. The van der Waals surface area contributed by atoms with Crippen LogP contribution in [0.4, 0.5) is 0 Å². The van der Waals surface area contributed by atoms with E-state index in [0.717, 1.165) is 30.2 Å². The molecule has 1 unspecified atom stereocenters. The molecule has 0 aromatic heterocycles. The summed E-state index contributed by atoms with van der Waals surface area (Å²) in [5, 5.41) is 0. The average Bonchev–Trinajstić information content (AvgIpc) is 2.47. The van der Waals surface area contributed by atoms with Crippen molar-refractivity contribution in [3.05, 3.63) is 29.8 Å². The number of likely N-dealkylation sites (tertiary alicyclic amines) is 1. The number of piperidine rings is 1. The van der Waals surface area contributed by atoms with Gasteiger partial charge in [-0.25, -0.2) is 17.5 Å². The van der Waals surface area contributed by atoms with Gasteiger partial charge in [0.05, 0.1) is 24.1 Å². The van der Waals surface area contributed by atoms with Crippen LogP contribution in [0.25, 0.3) is 0 Å². The number of benzene rings is 1. The van der Waals surface area contributed by atoms with Gasteiger partial charge in [-0.05, 0) is 30.7 Å². The van der Waals surface area contributed by atoms with E-state index in [1.165, 1.54) is 43.3 Å². The summed E-state index contributed by atoms with van der Waals surface area (Å²) in [6.45, 7) is 1.92. The van der Waals surface area contributed by atoms with Crippen molar-refractivity contribution >= 4 is 16.0 Å². The predicted octanol–water partition coefficient (Wildman–Crippen LogP) is -0.229. The number of nitrogens with one attached hydrogen (secondary N) is 1. The van der Waals surface area contributed by atoms with Crippen LogP contribution < -0.4 is 4.90 Å². The molecule has 0 amide bonds. The summed E-state index contributed by atoms with van der Waals surface area (Å²) in [4.78, 5) is 13.6. The van der Waals surface area contributed by atoms with E-state index < -0.39 is 16.0 Å². The molecule has 1 aliphatic rings. The van der Waals surface area contributed by atoms with Gasteiger partial charge < -0.3 is 9.64 Å². The third-order valence-electron chi connectivity index (χ3n) is 3.85. The van der Waals surface area contributed by atoms with Gasteiger partial charge in [-0.15, -0.1) is 0 Å². The van der Waals surface area contributed by atoms with E-state index in [1.54, 1.807) is 0 Å². The monoisotopic (exact) mass is 327 g/mol. The lowest BCUT2D eigenvalue weighted by Gasteiger charge is -2.26. The summed E-state index contributed by atoms with van der Waals surface area (Å²) in [6, 6.07) is 5.87. The highest BCUT2D eigenvalue weighted by Crippen LogP contribution is 2.15. The molecular weight excluding hydrogens is 304 g/mol. The Hall–Kier alpha value is -1.44. The Morgan fingerprint density at radius 2 is 1.91 bits per heavy atom. The predicted molar refractivity (Wildman–Crippen MR) is 82.4 cm³/mol. The number of rotatable bonds is 4. The summed E-state index contributed by atoms with van der Waals surface area (Å²) < 4.78 is 30.6. The van der Waals surface area contributed by atoms with Crippen molar-refractivity contribution in [2.75, 3.05) is 34.2 Å². The van der Waals surface area contributed by atoms with Crippen molar-refractivity contribution in [3.63, 3.8) is 0 Å². The molecule has 0 radical (unpaired) electrons. The van der Waals surface area contributed by atoms with Gasteiger partial charge >= 0.3 is 5.97 Å². The van der Waals surface area contributed by atoms with Crippen molar-refractivity contribution in [2.45, 2.75) is 23.8 Å². The van der Waals surface area contributed by atoms with Crippen LogP contribution in [-0.4, -0.2) is 59.0 Å². The summed E-state index contributed by atoms with van der Waals surface area (Å²) in [7, 11) is 1.55. The average molecular weight is 327 g/mol. The topological polar surface area (TPSA) is 68.1 Å². The van der Waals surface area contributed by atoms with Gasteiger partial charge in [0.2, 0.25) is 10.0 Å². The van der Waals surface area contributed by atoms with Crippen LogP contribution in [0.3, 0.4) is 0 Å². The van der Waals surface area contributed by atoms with Gasteiger partial charge in [-0.3, -0.25) is 0 Å². The van der Waals surface area contributed by atoms with Crippen molar-refractivity contribution in [3.8, 4) is 0 Å². The van der Waals surface area contributed by atoms with Crippen LogP contribution in [0, 0.1) is 0 Å². The van der Waals surface area contributed by atoms with Gasteiger partial charge in [0.1, 0.15) is 6.54 Å². The number of ether oxygens (including phenoxy) is 1. The summed E-state index contributed by atoms with van der Waals surface area (Å²) >= 11 is 0. The Kier molecular flexibility index (Phi) is 5.20. The molecule has 1 heterocycles. The molecule has 0 aliphatic carbocycles. The van der Waals surface area contributed by atoms with Crippen LogP contribution in [0.1, 0.15) is 23.2 Å². The second-order valence-corrected chi connectivity index (χ2v) is 8.04. The Morgan fingerprint density at radius 3 is 2.45 bits per heavy atom. The number of sulfonamides is 1. The first-order valence-corrected chi connectivity index (χ1v) is 8.79. The second kappa shape index (κ2) is 6.76. The number of esters is 1. The van der Waals surface area contributed by atoms with Crippen LogP contribution in [-0.2, 0) is 14.8 Å². The molecule has 7 heteroatoms. The third kappa shape index (κ3) is 3.85. The Morgan fingerprint density at radius 1 is 1.27 bits per heavy atom. The molecule has 1 aromatic carbocycles. The lowest BCUT2D eigenvalue weighted by Crippen LogP contribution is -3.11. The molecule has 1 N–H and O–H groups in total. The highest BCUT2D eigenvalue weighted by Gasteiger charge is 2.24. The Balaban J connectivity index is 2.05. The van der Waals surface area contributed by atoms with Gasteiger partial charge in [0, 0.05) is 20.5 Å². The van der Waals surface area contributed by atoms with Crippen LogP contribution in [0.5, 0.6) is 0 Å². The van der Waals surface area contributed by atoms with E-state index >= 15 is 0 Å². The molecule has 0 saturated carbocycles. The summed E-state index contributed by atoms with van der Waals surface area (Å²) in [6.07, 6.45) is 1.87. The fourth-order valence-corrected chi connectivity index (χ4v) is 3.42. The maximum Gasteiger partial charge on any atom is 0.338 e. The van der Waals surface area contributed by atoms with E-state index in [4.69, 9.17) is 4.74 Å². The third-order valence-corrected chi connectivity index (χ3v) is 5.68. The van der Waals surface area contributed by atoms with Crippen LogP contribution >= 0.6 is 0 Å². The zero-order valence-electron chi connectivity index (χ0n) is 13.2. The molecule has 0 bridgehead atoms. The van der Waals surface area contributed by atoms with Crippen LogP contribution in [0.15, 0.2) is 29.2 Å². The Labute approximate surface area is 131 Å². The van der Waals surface area contributed by atoms with Gasteiger partial charge in [0.15, 0.2) is 6.10 Å². The lowest BCUT2D eigenvalue weighted by molar-refractivity contribution is -0.888. The maximum atomic E-state index is 12.1. The van der Waals surface area contributed by atoms with Crippen molar-refractivity contribution in [1.82, 2.24) is 4.31 Å². The SMILES string of the molecule is CN(C)S(=O)(=O)c1ccc(C(=O)O[C@@H]2CCC[NH+](C)C2)cc1. The number of likely N-dealkylation sites (N-methyl/N-ethyl adjacent to an activating group) is 1. The molecule has 1 aromatic rings. The zero-order chi connectivity index (χ0) is 16.3. The summed E-state index contributed by atoms with van der Waals surface area (Å²) in [5.74, 6) is -0.395. The molecule has 1 fully saturated rings. The molecule has 2 atom stereocenters. The van der Waals surface area contributed by atoms with E-state index in [1.807, 2.05) is 0 Å². The molecule has 22 heavy (non-hydrogen) atoms. The van der Waals surface area contributed by atoms with E-state index in [2.05, 4.69) is 7.05 Å². The number of nitrogens with zero attached hydrogens (tertiary/aromatic N) is 1. The number of carbonyl (C=O) groups is 1. The fraction of sp³-hybridized carbons (Fsp3) is 0.533. The molecule has 0 spiro atoms. The Bertz CT molecular complexity index is 625. The lowest BCUT2D eigenvalue weighted by atomic mass is 10.1. The standard InChI is InChI=1S/C15H22N2O4S/c1-16(2)22(19,20)14-8-6-12(7-9-14)15(18)21-13-5-4-10-17(3)11-13/h6-9,13H,4-5,10-11H2,1-3H3/p+1/t13-/m1/s1. The minimum absolute atomic E-state index is 0.0635. The number of quaternary nitrogens is 1. The molecule has 1 saturated heterocycles. The highest BCUT2D eigenvalue weighted by atomic mass is 32.2. The minimum Gasteiger partial charge on any atom is -0.453 e. The molecule has 2 rings (SSSR count). The van der Waals surface area contributed by atoms with E-state index in [-0.39, 0.29) is 11.0 Å². The maximum absolute atomic E-state index is 12.1. The number of carbonyl (C=O) groups excluding carboxylic acids is 1. The first kappa shape index (κ1) is 16.9. The molecular formula is C15H23N2O4S+. The zero-order valence-corrected chi connectivity index (χ0v) is 14.0. The first-order chi connectivity index (χ1) is 10.3. The van der Waals surface area contributed by atoms with Gasteiger partial charge in [-0.1, -0.05) is 0 Å². The van der Waals surface area contributed by atoms with Crippen molar-refractivity contribution in [2.24, 2.45) is 0 Å². The van der Waals surface area contributed by atoms with Crippen molar-refractivity contribution < 1.29 is 22.8 Å². The smallest absolute Gasteiger partial charge is 0.338 e. The fourth-order valence-electron chi connectivity index (χ4n) is 2.52. The quantitative estimate of drug-likeness (QED) is 0.776. The molecule has 1 aliphatic heterocycles. The van der Waals surface area contributed by atoms with Crippen molar-refractivity contribution in [1.29, 1.82) is 0 Å². The minimum atomic E-state index is -3.48. The number of hydrogen-bond donors (Lipinski definition) is 1. The normalized spacial score (nSPS) is 22.5. The van der Waals surface area contributed by atoms with E-state index in [9.17, 15) is 13.2 Å². The highest BCUT2D eigenvalue weighted by molar-refractivity contribution is 7.89. The molecule has 6 nitrogen and oxygen atoms in total. The largest absolute Gasteiger partial charge is 0.453 e. The van der Waals surface area contributed by atoms with Gasteiger partial charge in [0.25, 0.3) is 0 Å². The van der Waals surface area contributed by atoms with Gasteiger partial charge in [-0.2, -0.15) is 0 Å².